The molecule has 1 aromatic carbocycles. The van der Waals surface area contributed by atoms with E-state index in [1.54, 1.807) is 0 Å². The molecule has 30 heavy (non-hydrogen) atoms. The van der Waals surface area contributed by atoms with E-state index in [1.807, 2.05) is 18.6 Å². The standard InChI is InChI=1S/C24H29N5Si/c1-5-18-6-7-22-20(14-18)8-11-25-23(22)29-12-9-21(17-29)28-24-26-15-19(16-27-24)10-13-30(2,3)4/h6-8,11,14-16,21H,5,9,12,17H2,1-4H3,(H,26,27,28)/t21-/m1/s1. The highest BCUT2D eigenvalue weighted by Gasteiger charge is 2.25. The quantitative estimate of drug-likeness (QED) is 0.502. The topological polar surface area (TPSA) is 53.9 Å². The minimum Gasteiger partial charge on any atom is -0.354 e. The zero-order valence-electron chi connectivity index (χ0n) is 18.2. The van der Waals surface area contributed by atoms with Gasteiger partial charge in [-0.2, -0.15) is 0 Å². The third kappa shape index (κ3) is 4.80. The maximum Gasteiger partial charge on any atom is 0.222 e. The minimum atomic E-state index is -1.39. The molecule has 0 spiro atoms. The van der Waals surface area contributed by atoms with E-state index in [-0.39, 0.29) is 0 Å². The van der Waals surface area contributed by atoms with Gasteiger partial charge in [0.05, 0.1) is 5.56 Å². The van der Waals surface area contributed by atoms with Crippen LogP contribution in [0.4, 0.5) is 11.8 Å². The Bertz CT molecular complexity index is 1090. The Balaban J connectivity index is 1.44. The van der Waals surface area contributed by atoms with Gasteiger partial charge >= 0.3 is 0 Å². The van der Waals surface area contributed by atoms with Crippen molar-refractivity contribution in [2.75, 3.05) is 23.3 Å². The Labute approximate surface area is 180 Å². The predicted molar refractivity (Wildman–Crippen MR) is 128 cm³/mol. The molecule has 0 amide bonds. The van der Waals surface area contributed by atoms with E-state index in [1.165, 1.54) is 16.3 Å². The van der Waals surface area contributed by atoms with Crippen LogP contribution in [0.3, 0.4) is 0 Å². The largest absolute Gasteiger partial charge is 0.354 e. The Kier molecular flexibility index (Phi) is 5.73. The van der Waals surface area contributed by atoms with Crippen molar-refractivity contribution < 1.29 is 0 Å². The first-order valence-corrected chi connectivity index (χ1v) is 14.2. The van der Waals surface area contributed by atoms with Crippen molar-refractivity contribution in [1.29, 1.82) is 0 Å². The van der Waals surface area contributed by atoms with Gasteiger partial charge in [0.2, 0.25) is 5.95 Å². The number of pyridine rings is 1. The zero-order chi connectivity index (χ0) is 21.1. The van der Waals surface area contributed by atoms with E-state index in [4.69, 9.17) is 4.98 Å². The lowest BCUT2D eigenvalue weighted by molar-refractivity contribution is 0.791. The molecule has 4 rings (SSSR count). The highest BCUT2D eigenvalue weighted by atomic mass is 28.3. The number of rotatable bonds is 4. The molecule has 5 nitrogen and oxygen atoms in total. The molecule has 0 radical (unpaired) electrons. The predicted octanol–water partition coefficient (Wildman–Crippen LogP) is 4.51. The lowest BCUT2D eigenvalue weighted by Gasteiger charge is -2.20. The summed E-state index contributed by atoms with van der Waals surface area (Å²) in [5, 5.41) is 5.95. The van der Waals surface area contributed by atoms with Crippen molar-refractivity contribution in [2.24, 2.45) is 0 Å². The Hall–Kier alpha value is -2.91. The molecular weight excluding hydrogens is 386 g/mol. The molecule has 154 valence electrons. The summed E-state index contributed by atoms with van der Waals surface area (Å²) in [6.07, 6.45) is 7.62. The second kappa shape index (κ2) is 8.45. The molecule has 1 aliphatic rings. The van der Waals surface area contributed by atoms with Gasteiger partial charge < -0.3 is 10.2 Å². The van der Waals surface area contributed by atoms with Crippen LogP contribution in [0.5, 0.6) is 0 Å². The monoisotopic (exact) mass is 415 g/mol. The summed E-state index contributed by atoms with van der Waals surface area (Å²) in [7, 11) is -1.39. The van der Waals surface area contributed by atoms with Gasteiger partial charge in [-0.15, -0.1) is 5.54 Å². The van der Waals surface area contributed by atoms with Gasteiger partial charge in [0.1, 0.15) is 13.9 Å². The number of hydrogen-bond acceptors (Lipinski definition) is 5. The number of anilines is 2. The molecule has 1 saturated heterocycles. The van der Waals surface area contributed by atoms with Crippen LogP contribution in [0.1, 0.15) is 24.5 Å². The molecule has 1 fully saturated rings. The molecule has 3 aromatic rings. The van der Waals surface area contributed by atoms with Crippen molar-refractivity contribution in [3.05, 3.63) is 54.0 Å². The number of aryl methyl sites for hydroxylation is 1. The normalized spacial score (nSPS) is 16.4. The van der Waals surface area contributed by atoms with E-state index in [9.17, 15) is 0 Å². The second-order valence-corrected chi connectivity index (χ2v) is 13.7. The number of aromatic nitrogens is 3. The van der Waals surface area contributed by atoms with Crippen LogP contribution in [0, 0.1) is 11.5 Å². The summed E-state index contributed by atoms with van der Waals surface area (Å²) in [6, 6.07) is 9.09. The average molecular weight is 416 g/mol. The van der Waals surface area contributed by atoms with Gasteiger partial charge in [0.15, 0.2) is 0 Å². The molecular formula is C24H29N5Si. The van der Waals surface area contributed by atoms with Gasteiger partial charge in [-0.05, 0) is 29.9 Å². The second-order valence-electron chi connectivity index (χ2n) is 8.91. The summed E-state index contributed by atoms with van der Waals surface area (Å²) in [5.41, 5.74) is 5.59. The number of benzene rings is 1. The van der Waals surface area contributed by atoms with Crippen molar-refractivity contribution in [3.63, 3.8) is 0 Å². The highest BCUT2D eigenvalue weighted by molar-refractivity contribution is 6.83. The van der Waals surface area contributed by atoms with E-state index in [0.29, 0.717) is 12.0 Å². The smallest absolute Gasteiger partial charge is 0.222 e. The van der Waals surface area contributed by atoms with Crippen LogP contribution < -0.4 is 10.2 Å². The summed E-state index contributed by atoms with van der Waals surface area (Å²) in [4.78, 5) is 16.0. The number of hydrogen-bond donors (Lipinski definition) is 1. The molecule has 0 aliphatic carbocycles. The van der Waals surface area contributed by atoms with E-state index in [2.05, 4.69) is 82.5 Å². The van der Waals surface area contributed by atoms with Crippen LogP contribution in [0.15, 0.2) is 42.9 Å². The molecule has 1 atom stereocenters. The van der Waals surface area contributed by atoms with Crippen molar-refractivity contribution in [1.82, 2.24) is 15.0 Å². The van der Waals surface area contributed by atoms with Gasteiger partial charge in [-0.25, -0.2) is 15.0 Å². The van der Waals surface area contributed by atoms with Crippen LogP contribution in [0.2, 0.25) is 19.6 Å². The first-order chi connectivity index (χ1) is 14.4. The van der Waals surface area contributed by atoms with Crippen molar-refractivity contribution in [3.8, 4) is 11.5 Å². The highest BCUT2D eigenvalue weighted by Crippen LogP contribution is 2.28. The molecule has 6 heteroatoms. The minimum absolute atomic E-state index is 0.302. The molecule has 0 unspecified atom stereocenters. The van der Waals surface area contributed by atoms with Crippen LogP contribution in [-0.4, -0.2) is 42.2 Å². The van der Waals surface area contributed by atoms with Crippen molar-refractivity contribution >= 4 is 30.6 Å². The molecule has 0 bridgehead atoms. The molecule has 0 saturated carbocycles. The Morgan fingerprint density at radius 2 is 1.93 bits per heavy atom. The van der Waals surface area contributed by atoms with E-state index < -0.39 is 8.07 Å². The average Bonchev–Trinajstić information content (AvgIpc) is 3.20. The van der Waals surface area contributed by atoms with Gasteiger partial charge in [0.25, 0.3) is 0 Å². The molecule has 2 aromatic heterocycles. The third-order valence-electron chi connectivity index (χ3n) is 5.27. The molecule has 3 heterocycles. The summed E-state index contributed by atoms with van der Waals surface area (Å²) >= 11 is 0. The SMILES string of the molecule is CCc1ccc2c(N3CC[C@@H](Nc4ncc(C#C[Si](C)(C)C)cn4)C3)nccc2c1. The number of fused-ring (bicyclic) bond motifs is 1. The fraction of sp³-hybridized carbons (Fsp3) is 0.375. The summed E-state index contributed by atoms with van der Waals surface area (Å²) < 4.78 is 0. The number of nitrogens with zero attached hydrogens (tertiary/aromatic N) is 4. The van der Waals surface area contributed by atoms with Gasteiger partial charge in [0, 0.05) is 43.1 Å². The lowest BCUT2D eigenvalue weighted by Crippen LogP contribution is -2.27. The molecule has 1 N–H and O–H groups in total. The van der Waals surface area contributed by atoms with Crippen LogP contribution >= 0.6 is 0 Å². The Morgan fingerprint density at radius 3 is 2.67 bits per heavy atom. The van der Waals surface area contributed by atoms with E-state index >= 15 is 0 Å². The summed E-state index contributed by atoms with van der Waals surface area (Å²) in [5.74, 6) is 4.93. The fourth-order valence-corrected chi connectivity index (χ4v) is 4.18. The van der Waals surface area contributed by atoms with Gasteiger partial charge in [-0.3, -0.25) is 0 Å². The van der Waals surface area contributed by atoms with E-state index in [0.717, 1.165) is 37.3 Å². The maximum absolute atomic E-state index is 4.69. The number of nitrogens with one attached hydrogen (secondary N) is 1. The van der Waals surface area contributed by atoms with Crippen LogP contribution in [0.25, 0.3) is 10.8 Å². The third-order valence-corrected chi connectivity index (χ3v) is 6.15. The first-order valence-electron chi connectivity index (χ1n) is 10.7. The molecule has 1 aliphatic heterocycles. The zero-order valence-corrected chi connectivity index (χ0v) is 19.2. The van der Waals surface area contributed by atoms with Crippen LogP contribution in [-0.2, 0) is 6.42 Å². The fourth-order valence-electron chi connectivity index (χ4n) is 3.66. The van der Waals surface area contributed by atoms with Gasteiger partial charge in [-0.1, -0.05) is 50.7 Å². The summed E-state index contributed by atoms with van der Waals surface area (Å²) in [6.45, 7) is 10.7. The first kappa shape index (κ1) is 20.4. The maximum atomic E-state index is 4.69. The van der Waals surface area contributed by atoms with Crippen molar-refractivity contribution in [2.45, 2.75) is 45.4 Å². The lowest BCUT2D eigenvalue weighted by atomic mass is 10.1. The Morgan fingerprint density at radius 1 is 1.13 bits per heavy atom.